The van der Waals surface area contributed by atoms with Gasteiger partial charge in [-0.05, 0) is 31.2 Å². The lowest BCUT2D eigenvalue weighted by Gasteiger charge is -2.33. The molecule has 2 aliphatic heterocycles. The molecule has 152 valence electrons. The molecule has 4 heterocycles. The van der Waals surface area contributed by atoms with Crippen LogP contribution in [0.5, 0.6) is 0 Å². The molecule has 3 amide bonds. The highest BCUT2D eigenvalue weighted by molar-refractivity contribution is 6.20. The average Bonchev–Trinajstić information content (AvgIpc) is 3.50. The summed E-state index contributed by atoms with van der Waals surface area (Å²) in [5.41, 5.74) is 2.67. The monoisotopic (exact) mass is 404 g/mol. The van der Waals surface area contributed by atoms with Crippen molar-refractivity contribution in [2.75, 3.05) is 24.5 Å². The summed E-state index contributed by atoms with van der Waals surface area (Å²) in [5.74, 6) is 1.52. The topological polar surface area (TPSA) is 96.0 Å². The van der Waals surface area contributed by atoms with Crippen LogP contribution in [0.15, 0.2) is 58.3 Å². The molecule has 0 spiro atoms. The number of rotatable bonds is 5. The number of nitrogens with one attached hydrogen (secondary N) is 1. The summed E-state index contributed by atoms with van der Waals surface area (Å²) >= 11 is 0. The molecule has 5 rings (SSSR count). The molecule has 9 nitrogen and oxygen atoms in total. The zero-order valence-corrected chi connectivity index (χ0v) is 16.4. The first-order valence-corrected chi connectivity index (χ1v) is 9.70. The Morgan fingerprint density at radius 1 is 1.23 bits per heavy atom. The maximum Gasteiger partial charge on any atom is 0.331 e. The lowest BCUT2D eigenvalue weighted by atomic mass is 10.2. The number of urea groups is 1. The number of anilines is 1. The largest absolute Gasteiger partial charge is 0.467 e. The van der Waals surface area contributed by atoms with E-state index >= 15 is 0 Å². The number of carbonyl (C=O) groups excluding carboxylic acids is 2. The Hall–Kier alpha value is -3.88. The van der Waals surface area contributed by atoms with E-state index in [1.54, 1.807) is 34.2 Å². The van der Waals surface area contributed by atoms with Crippen LogP contribution >= 0.6 is 0 Å². The zero-order chi connectivity index (χ0) is 20.7. The molecule has 0 saturated carbocycles. The molecule has 0 bridgehead atoms. The molecule has 0 atom stereocenters. The van der Waals surface area contributed by atoms with Gasteiger partial charge in [0.05, 0.1) is 36.8 Å². The molecule has 0 radical (unpaired) electrons. The van der Waals surface area contributed by atoms with Crippen LogP contribution in [0.25, 0.3) is 5.69 Å². The molecular formula is C21H20N6O3. The Morgan fingerprint density at radius 3 is 2.83 bits per heavy atom. The molecule has 9 heteroatoms. The number of fused-ring (bicyclic) bond motifs is 3. The summed E-state index contributed by atoms with van der Waals surface area (Å²) < 4.78 is 6.93. The van der Waals surface area contributed by atoms with E-state index in [1.165, 1.54) is 4.90 Å². The summed E-state index contributed by atoms with van der Waals surface area (Å²) in [6, 6.07) is 11.1. The Labute approximate surface area is 172 Å². The van der Waals surface area contributed by atoms with Gasteiger partial charge in [-0.2, -0.15) is 5.10 Å². The second-order valence-corrected chi connectivity index (χ2v) is 7.21. The van der Waals surface area contributed by atoms with Crippen molar-refractivity contribution in [3.8, 4) is 5.69 Å². The van der Waals surface area contributed by atoms with Gasteiger partial charge in [0.25, 0.3) is 0 Å². The van der Waals surface area contributed by atoms with Crippen LogP contribution in [0.4, 0.5) is 10.6 Å². The third-order valence-electron chi connectivity index (χ3n) is 5.16. The highest BCUT2D eigenvalue weighted by atomic mass is 16.3. The van der Waals surface area contributed by atoms with Crippen molar-refractivity contribution in [1.82, 2.24) is 20.0 Å². The Morgan fingerprint density at radius 2 is 2.07 bits per heavy atom. The van der Waals surface area contributed by atoms with Crippen molar-refractivity contribution in [3.63, 3.8) is 0 Å². The first-order valence-electron chi connectivity index (χ1n) is 9.70. The van der Waals surface area contributed by atoms with E-state index in [0.29, 0.717) is 30.5 Å². The van der Waals surface area contributed by atoms with Crippen LogP contribution in [-0.2, 0) is 11.3 Å². The number of amides is 3. The van der Waals surface area contributed by atoms with Gasteiger partial charge in [0, 0.05) is 6.54 Å². The van der Waals surface area contributed by atoms with Gasteiger partial charge in [0.1, 0.15) is 18.1 Å². The summed E-state index contributed by atoms with van der Waals surface area (Å²) in [6.07, 6.45) is 3.25. The number of furan rings is 1. The minimum Gasteiger partial charge on any atom is -0.467 e. The van der Waals surface area contributed by atoms with E-state index < -0.39 is 0 Å². The van der Waals surface area contributed by atoms with Crippen LogP contribution in [0, 0.1) is 6.92 Å². The summed E-state index contributed by atoms with van der Waals surface area (Å²) in [7, 11) is 0. The lowest BCUT2D eigenvalue weighted by Crippen LogP contribution is -2.53. The molecule has 2 aliphatic rings. The van der Waals surface area contributed by atoms with E-state index in [9.17, 15) is 9.59 Å². The van der Waals surface area contributed by atoms with Gasteiger partial charge < -0.3 is 9.73 Å². The predicted octanol–water partition coefficient (Wildman–Crippen LogP) is 2.09. The van der Waals surface area contributed by atoms with Gasteiger partial charge in [-0.1, -0.05) is 17.7 Å². The fourth-order valence-corrected chi connectivity index (χ4v) is 3.68. The Kier molecular flexibility index (Phi) is 4.35. The molecule has 1 N–H and O–H groups in total. The molecule has 0 aliphatic carbocycles. The summed E-state index contributed by atoms with van der Waals surface area (Å²) in [5, 5.41) is 7.30. The number of carbonyl (C=O) groups is 2. The van der Waals surface area contributed by atoms with Crippen LogP contribution in [0.2, 0.25) is 0 Å². The van der Waals surface area contributed by atoms with E-state index in [2.05, 4.69) is 15.4 Å². The van der Waals surface area contributed by atoms with E-state index in [1.807, 2.05) is 31.2 Å². The first kappa shape index (κ1) is 18.2. The number of hydrogen-bond acceptors (Lipinski definition) is 5. The van der Waals surface area contributed by atoms with E-state index in [-0.39, 0.29) is 25.0 Å². The van der Waals surface area contributed by atoms with Gasteiger partial charge in [0.2, 0.25) is 5.91 Å². The van der Waals surface area contributed by atoms with Crippen molar-refractivity contribution in [2.45, 2.75) is 13.5 Å². The Bertz CT molecular complexity index is 1130. The van der Waals surface area contributed by atoms with Crippen LogP contribution in [0.1, 0.15) is 16.9 Å². The highest BCUT2D eigenvalue weighted by Crippen LogP contribution is 2.32. The third-order valence-corrected chi connectivity index (χ3v) is 5.16. The van der Waals surface area contributed by atoms with Crippen molar-refractivity contribution >= 4 is 23.6 Å². The second kappa shape index (κ2) is 7.18. The molecule has 0 unspecified atom stereocenters. The van der Waals surface area contributed by atoms with Crippen molar-refractivity contribution in [3.05, 3.63) is 65.7 Å². The number of hydrogen-bond donors (Lipinski definition) is 1. The minimum atomic E-state index is -0.290. The molecule has 1 aromatic carbocycles. The summed E-state index contributed by atoms with van der Waals surface area (Å²) in [6.45, 7) is 3.16. The molecule has 0 saturated heterocycles. The Balaban J connectivity index is 1.48. The number of aliphatic imine (C=N–C) groups is 1. The first-order chi connectivity index (χ1) is 14.6. The zero-order valence-electron chi connectivity index (χ0n) is 16.4. The molecular weight excluding hydrogens is 384 g/mol. The number of amidine groups is 1. The number of nitrogens with zero attached hydrogens (tertiary/aromatic N) is 5. The molecule has 30 heavy (non-hydrogen) atoms. The van der Waals surface area contributed by atoms with Crippen molar-refractivity contribution < 1.29 is 14.0 Å². The number of aryl methyl sites for hydroxylation is 1. The fraction of sp³-hybridized carbons (Fsp3) is 0.238. The van der Waals surface area contributed by atoms with Gasteiger partial charge in [-0.15, -0.1) is 0 Å². The van der Waals surface area contributed by atoms with Crippen LogP contribution < -0.4 is 10.2 Å². The van der Waals surface area contributed by atoms with Crippen LogP contribution in [-0.4, -0.2) is 52.1 Å². The van der Waals surface area contributed by atoms with Crippen LogP contribution in [0.3, 0.4) is 0 Å². The highest BCUT2D eigenvalue weighted by Gasteiger charge is 2.41. The van der Waals surface area contributed by atoms with Gasteiger partial charge in [0.15, 0.2) is 5.82 Å². The lowest BCUT2D eigenvalue weighted by molar-refractivity contribution is -0.120. The number of benzene rings is 1. The smallest absolute Gasteiger partial charge is 0.331 e. The predicted molar refractivity (Wildman–Crippen MR) is 110 cm³/mol. The quantitative estimate of drug-likeness (QED) is 0.704. The number of aromatic nitrogens is 2. The SMILES string of the molecule is Cc1ccc(-n2ncc3c2N(CC(=O)NCc2ccco2)C(=O)N2CCN=C32)cc1. The second-order valence-electron chi connectivity index (χ2n) is 7.21. The fourth-order valence-electron chi connectivity index (χ4n) is 3.68. The minimum absolute atomic E-state index is 0.131. The maximum atomic E-state index is 13.2. The normalized spacial score (nSPS) is 15.1. The maximum absolute atomic E-state index is 13.2. The molecule has 3 aromatic rings. The standard InChI is InChI=1S/C21H20N6O3/c1-14-4-6-15(7-5-14)27-20-17(12-24-27)19-22-8-9-25(19)21(29)26(20)13-18(28)23-11-16-3-2-10-30-16/h2-7,10,12H,8-9,11,13H2,1H3,(H,23,28). The van der Waals surface area contributed by atoms with Crippen molar-refractivity contribution in [2.24, 2.45) is 4.99 Å². The van der Waals surface area contributed by atoms with Gasteiger partial charge >= 0.3 is 6.03 Å². The third kappa shape index (κ3) is 3.04. The molecule has 2 aromatic heterocycles. The molecule has 0 fully saturated rings. The average molecular weight is 404 g/mol. The van der Waals surface area contributed by atoms with Gasteiger partial charge in [-0.25, -0.2) is 9.48 Å². The van der Waals surface area contributed by atoms with Gasteiger partial charge in [-0.3, -0.25) is 19.6 Å². The van der Waals surface area contributed by atoms with E-state index in [0.717, 1.165) is 16.8 Å². The van der Waals surface area contributed by atoms with Crippen molar-refractivity contribution in [1.29, 1.82) is 0 Å². The van der Waals surface area contributed by atoms with E-state index in [4.69, 9.17) is 4.42 Å². The summed E-state index contributed by atoms with van der Waals surface area (Å²) in [4.78, 5) is 33.4.